The van der Waals surface area contributed by atoms with Crippen molar-refractivity contribution in [3.8, 4) is 0 Å². The number of rotatable bonds is 2. The maximum atomic E-state index is 12.3. The standard InChI is InChI=1S/C15H10IN3O2S/c16-9-2-4-10(5-3-9)17-13(20)8-1-6-11-12(7-8)18-15(22)19-14(11)21/h1-7H,(H,17,20)(H2,18,19,21,22). The Morgan fingerprint density at radius 1 is 1.09 bits per heavy atom. The zero-order valence-corrected chi connectivity index (χ0v) is 14.1. The number of carbonyl (C=O) groups is 1. The second-order valence-electron chi connectivity index (χ2n) is 4.63. The summed E-state index contributed by atoms with van der Waals surface area (Å²) >= 11 is 7.14. The van der Waals surface area contributed by atoms with E-state index < -0.39 is 0 Å². The van der Waals surface area contributed by atoms with Crippen LogP contribution in [0, 0.1) is 8.34 Å². The van der Waals surface area contributed by atoms with Gasteiger partial charge in [-0.15, -0.1) is 0 Å². The smallest absolute Gasteiger partial charge is 0.259 e. The summed E-state index contributed by atoms with van der Waals surface area (Å²) < 4.78 is 1.32. The van der Waals surface area contributed by atoms with E-state index in [1.807, 2.05) is 24.3 Å². The van der Waals surface area contributed by atoms with Gasteiger partial charge in [0.1, 0.15) is 0 Å². The number of hydrogen-bond acceptors (Lipinski definition) is 3. The summed E-state index contributed by atoms with van der Waals surface area (Å²) in [6.45, 7) is 0. The average Bonchev–Trinajstić information content (AvgIpc) is 2.48. The topological polar surface area (TPSA) is 77.8 Å². The van der Waals surface area contributed by atoms with E-state index in [1.165, 1.54) is 0 Å². The first-order chi connectivity index (χ1) is 10.5. The SMILES string of the molecule is O=C(Nc1ccc(I)cc1)c1ccc2c(=O)[nH]c(=S)[nH]c2c1. The highest BCUT2D eigenvalue weighted by Gasteiger charge is 2.08. The molecule has 5 nitrogen and oxygen atoms in total. The van der Waals surface area contributed by atoms with Crippen LogP contribution in [0.5, 0.6) is 0 Å². The van der Waals surface area contributed by atoms with Crippen molar-refractivity contribution < 1.29 is 4.79 Å². The van der Waals surface area contributed by atoms with E-state index >= 15 is 0 Å². The molecule has 0 atom stereocenters. The molecule has 110 valence electrons. The minimum absolute atomic E-state index is 0.229. The molecule has 0 spiro atoms. The summed E-state index contributed by atoms with van der Waals surface area (Å²) in [5.74, 6) is -0.247. The fraction of sp³-hybridized carbons (Fsp3) is 0. The molecule has 3 aromatic rings. The fourth-order valence-corrected chi connectivity index (χ4v) is 2.61. The Kier molecular flexibility index (Phi) is 4.08. The maximum absolute atomic E-state index is 12.3. The second-order valence-corrected chi connectivity index (χ2v) is 6.28. The molecule has 0 bridgehead atoms. The first-order valence-electron chi connectivity index (χ1n) is 6.36. The molecule has 0 fully saturated rings. The summed E-state index contributed by atoms with van der Waals surface area (Å²) in [6.07, 6.45) is 0. The highest BCUT2D eigenvalue weighted by Crippen LogP contribution is 2.14. The summed E-state index contributed by atoms with van der Waals surface area (Å²) in [6, 6.07) is 12.3. The number of amides is 1. The molecule has 3 rings (SSSR count). The Labute approximate surface area is 143 Å². The van der Waals surface area contributed by atoms with E-state index in [-0.39, 0.29) is 16.2 Å². The largest absolute Gasteiger partial charge is 0.332 e. The minimum Gasteiger partial charge on any atom is -0.332 e. The summed E-state index contributed by atoms with van der Waals surface area (Å²) in [7, 11) is 0. The van der Waals surface area contributed by atoms with Gasteiger partial charge in [0, 0.05) is 14.8 Å². The highest BCUT2D eigenvalue weighted by atomic mass is 127. The van der Waals surface area contributed by atoms with Crippen molar-refractivity contribution in [1.29, 1.82) is 0 Å². The molecule has 0 saturated carbocycles. The van der Waals surface area contributed by atoms with Crippen LogP contribution in [0.3, 0.4) is 0 Å². The Hall–Kier alpha value is -2.00. The molecule has 3 N–H and O–H groups in total. The predicted octanol–water partition coefficient (Wildman–Crippen LogP) is 3.44. The Bertz CT molecular complexity index is 976. The number of fused-ring (bicyclic) bond motifs is 1. The lowest BCUT2D eigenvalue weighted by atomic mass is 10.1. The van der Waals surface area contributed by atoms with Crippen LogP contribution in [0.1, 0.15) is 10.4 Å². The number of anilines is 1. The normalized spacial score (nSPS) is 10.6. The van der Waals surface area contributed by atoms with E-state index in [4.69, 9.17) is 12.2 Å². The number of benzene rings is 2. The summed E-state index contributed by atoms with van der Waals surface area (Å²) in [4.78, 5) is 29.4. The lowest BCUT2D eigenvalue weighted by Crippen LogP contribution is -2.13. The molecule has 0 radical (unpaired) electrons. The Morgan fingerprint density at radius 2 is 1.82 bits per heavy atom. The molecular formula is C15H10IN3O2S. The van der Waals surface area contributed by atoms with Crippen molar-refractivity contribution in [1.82, 2.24) is 9.97 Å². The Balaban J connectivity index is 1.95. The van der Waals surface area contributed by atoms with E-state index in [0.29, 0.717) is 22.2 Å². The van der Waals surface area contributed by atoms with Gasteiger partial charge in [-0.1, -0.05) is 0 Å². The molecular weight excluding hydrogens is 413 g/mol. The number of aromatic amines is 2. The molecule has 0 aliphatic carbocycles. The van der Waals surface area contributed by atoms with Crippen molar-refractivity contribution in [2.45, 2.75) is 0 Å². The molecule has 22 heavy (non-hydrogen) atoms. The molecule has 1 aromatic heterocycles. The van der Waals surface area contributed by atoms with Crippen LogP contribution in [-0.4, -0.2) is 15.9 Å². The zero-order valence-electron chi connectivity index (χ0n) is 11.1. The average molecular weight is 423 g/mol. The molecule has 7 heteroatoms. The van der Waals surface area contributed by atoms with E-state index in [9.17, 15) is 9.59 Å². The third kappa shape index (κ3) is 3.09. The van der Waals surface area contributed by atoms with Gasteiger partial charge < -0.3 is 10.3 Å². The molecule has 0 aliphatic rings. The molecule has 0 unspecified atom stereocenters. The number of nitrogens with one attached hydrogen (secondary N) is 3. The third-order valence-electron chi connectivity index (χ3n) is 3.10. The molecule has 1 amide bonds. The van der Waals surface area contributed by atoms with Gasteiger partial charge in [-0.3, -0.25) is 14.6 Å². The predicted molar refractivity (Wildman–Crippen MR) is 96.9 cm³/mol. The number of halogens is 1. The second kappa shape index (κ2) is 6.01. The van der Waals surface area contributed by atoms with Crippen LogP contribution >= 0.6 is 34.8 Å². The molecule has 0 saturated heterocycles. The van der Waals surface area contributed by atoms with Crippen LogP contribution in [0.25, 0.3) is 10.9 Å². The first-order valence-corrected chi connectivity index (χ1v) is 7.85. The maximum Gasteiger partial charge on any atom is 0.259 e. The van der Waals surface area contributed by atoms with Gasteiger partial charge in [0.15, 0.2) is 4.77 Å². The number of H-pyrrole nitrogens is 2. The Morgan fingerprint density at radius 3 is 2.55 bits per heavy atom. The van der Waals surface area contributed by atoms with E-state index in [0.717, 1.165) is 3.57 Å². The number of aromatic nitrogens is 2. The number of hydrogen-bond donors (Lipinski definition) is 3. The molecule has 0 aliphatic heterocycles. The molecule has 2 aromatic carbocycles. The van der Waals surface area contributed by atoms with E-state index in [1.54, 1.807) is 18.2 Å². The van der Waals surface area contributed by atoms with Crippen LogP contribution < -0.4 is 10.9 Å². The number of carbonyl (C=O) groups excluding carboxylic acids is 1. The minimum atomic E-state index is -0.275. The molecule has 1 heterocycles. The van der Waals surface area contributed by atoms with Crippen LogP contribution in [0.2, 0.25) is 0 Å². The quantitative estimate of drug-likeness (QED) is 0.437. The first kappa shape index (κ1) is 14.9. The van der Waals surface area contributed by atoms with Gasteiger partial charge in [0.05, 0.1) is 10.9 Å². The van der Waals surface area contributed by atoms with Gasteiger partial charge in [-0.25, -0.2) is 0 Å². The van der Waals surface area contributed by atoms with Gasteiger partial charge >= 0.3 is 0 Å². The van der Waals surface area contributed by atoms with Crippen LogP contribution in [0.15, 0.2) is 47.3 Å². The van der Waals surface area contributed by atoms with Crippen molar-refractivity contribution in [2.24, 2.45) is 0 Å². The lowest BCUT2D eigenvalue weighted by molar-refractivity contribution is 0.102. The van der Waals surface area contributed by atoms with Crippen molar-refractivity contribution >= 4 is 57.3 Å². The summed E-state index contributed by atoms with van der Waals surface area (Å²) in [5.41, 5.74) is 1.42. The highest BCUT2D eigenvalue weighted by molar-refractivity contribution is 14.1. The van der Waals surface area contributed by atoms with Crippen molar-refractivity contribution in [2.75, 3.05) is 5.32 Å². The van der Waals surface area contributed by atoms with Gasteiger partial charge in [-0.05, 0) is 77.3 Å². The van der Waals surface area contributed by atoms with Gasteiger partial charge in [0.2, 0.25) is 0 Å². The van der Waals surface area contributed by atoms with Crippen molar-refractivity contribution in [3.05, 3.63) is 66.7 Å². The van der Waals surface area contributed by atoms with Crippen LogP contribution in [0.4, 0.5) is 5.69 Å². The van der Waals surface area contributed by atoms with E-state index in [2.05, 4.69) is 37.9 Å². The van der Waals surface area contributed by atoms with Gasteiger partial charge in [-0.2, -0.15) is 0 Å². The van der Waals surface area contributed by atoms with Gasteiger partial charge in [0.25, 0.3) is 11.5 Å². The monoisotopic (exact) mass is 423 g/mol. The van der Waals surface area contributed by atoms with Crippen molar-refractivity contribution in [3.63, 3.8) is 0 Å². The zero-order chi connectivity index (χ0) is 15.7. The summed E-state index contributed by atoms with van der Waals surface area (Å²) in [5, 5.41) is 3.27. The lowest BCUT2D eigenvalue weighted by Gasteiger charge is -2.06. The third-order valence-corrected chi connectivity index (χ3v) is 4.03. The fourth-order valence-electron chi connectivity index (χ4n) is 2.05. The van der Waals surface area contributed by atoms with Crippen LogP contribution in [-0.2, 0) is 0 Å².